The topological polar surface area (TPSA) is 58.1 Å². The Morgan fingerprint density at radius 3 is 2.72 bits per heavy atom. The number of aromatic amines is 1. The van der Waals surface area contributed by atoms with Gasteiger partial charge in [-0.05, 0) is 37.5 Å². The molecule has 136 valence electrons. The monoisotopic (exact) mass is 363 g/mol. The maximum atomic E-state index is 12.4. The summed E-state index contributed by atoms with van der Waals surface area (Å²) in [5.41, 5.74) is 1.56. The number of halogens is 1. The number of fused-ring (bicyclic) bond motifs is 1. The highest BCUT2D eigenvalue weighted by Gasteiger charge is 2.25. The van der Waals surface area contributed by atoms with Crippen molar-refractivity contribution >= 4 is 28.5 Å². The smallest absolute Gasteiger partial charge is 0.326 e. The van der Waals surface area contributed by atoms with Crippen LogP contribution in [0.5, 0.6) is 0 Å². The Labute approximate surface area is 153 Å². The summed E-state index contributed by atoms with van der Waals surface area (Å²) in [6.45, 7) is 3.63. The first-order valence-electron chi connectivity index (χ1n) is 9.27. The van der Waals surface area contributed by atoms with Gasteiger partial charge in [-0.3, -0.25) is 9.36 Å². The lowest BCUT2D eigenvalue weighted by Gasteiger charge is -2.32. The summed E-state index contributed by atoms with van der Waals surface area (Å²) < 4.78 is 1.83. The number of hydrogen-bond acceptors (Lipinski definition) is 2. The fourth-order valence-electron chi connectivity index (χ4n) is 3.70. The average molecular weight is 364 g/mol. The predicted octanol–water partition coefficient (Wildman–Crippen LogP) is 4.12. The van der Waals surface area contributed by atoms with Crippen molar-refractivity contribution < 1.29 is 4.79 Å². The molecule has 1 aromatic carbocycles. The van der Waals surface area contributed by atoms with Gasteiger partial charge in [0.15, 0.2) is 0 Å². The second-order valence-electron chi connectivity index (χ2n) is 6.88. The summed E-state index contributed by atoms with van der Waals surface area (Å²) in [6.07, 6.45) is 6.77. The van der Waals surface area contributed by atoms with Crippen molar-refractivity contribution in [3.63, 3.8) is 0 Å². The van der Waals surface area contributed by atoms with Gasteiger partial charge in [-0.25, -0.2) is 4.79 Å². The highest BCUT2D eigenvalue weighted by molar-refractivity contribution is 6.31. The third-order valence-electron chi connectivity index (χ3n) is 5.11. The number of piperidine rings is 1. The summed E-state index contributed by atoms with van der Waals surface area (Å²) in [4.78, 5) is 29.5. The van der Waals surface area contributed by atoms with Crippen LogP contribution in [0.4, 0.5) is 0 Å². The molecule has 3 rings (SSSR count). The van der Waals surface area contributed by atoms with Gasteiger partial charge in [0.2, 0.25) is 5.91 Å². The number of benzene rings is 1. The highest BCUT2D eigenvalue weighted by atomic mass is 35.5. The standard InChI is InChI=1S/C19H26ClN3O2/c1-2-3-4-5-6-18(24)22-11-9-15(10-12-22)23-17-8-7-14(20)13-16(17)21-19(23)25/h7-8,13,15H,2-6,9-12H2,1H3,(H,21,25). The van der Waals surface area contributed by atoms with Gasteiger partial charge in [-0.15, -0.1) is 0 Å². The van der Waals surface area contributed by atoms with Gasteiger partial charge in [0.1, 0.15) is 0 Å². The number of hydrogen-bond donors (Lipinski definition) is 1. The van der Waals surface area contributed by atoms with E-state index in [0.717, 1.165) is 49.8 Å². The van der Waals surface area contributed by atoms with Crippen LogP contribution in [0.1, 0.15) is 57.9 Å². The molecule has 6 heteroatoms. The van der Waals surface area contributed by atoms with Crippen LogP contribution in [0.2, 0.25) is 5.02 Å². The third-order valence-corrected chi connectivity index (χ3v) is 5.34. The Bertz CT molecular complexity index is 788. The SMILES string of the molecule is CCCCCCC(=O)N1CCC(n2c(=O)[nH]c3cc(Cl)ccc32)CC1. The van der Waals surface area contributed by atoms with Crippen molar-refractivity contribution in [2.75, 3.05) is 13.1 Å². The fourth-order valence-corrected chi connectivity index (χ4v) is 3.87. The second-order valence-corrected chi connectivity index (χ2v) is 7.32. The Balaban J connectivity index is 1.62. The number of nitrogens with one attached hydrogen (secondary N) is 1. The van der Waals surface area contributed by atoms with E-state index in [-0.39, 0.29) is 17.6 Å². The Hall–Kier alpha value is -1.75. The molecule has 0 atom stereocenters. The van der Waals surface area contributed by atoms with Crippen molar-refractivity contribution in [2.45, 2.75) is 57.9 Å². The second kappa shape index (κ2) is 8.09. The molecule has 1 aliphatic heterocycles. The first-order valence-corrected chi connectivity index (χ1v) is 9.65. The van der Waals surface area contributed by atoms with Gasteiger partial charge in [-0.2, -0.15) is 0 Å². The summed E-state index contributed by atoms with van der Waals surface area (Å²) in [5, 5.41) is 0.615. The highest BCUT2D eigenvalue weighted by Crippen LogP contribution is 2.26. The third kappa shape index (κ3) is 4.09. The van der Waals surface area contributed by atoms with Crippen LogP contribution in [-0.2, 0) is 4.79 Å². The first kappa shape index (κ1) is 18.1. The van der Waals surface area contributed by atoms with Crippen LogP contribution in [-0.4, -0.2) is 33.4 Å². The van der Waals surface area contributed by atoms with Gasteiger partial charge in [-0.1, -0.05) is 37.8 Å². The van der Waals surface area contributed by atoms with E-state index >= 15 is 0 Å². The zero-order valence-electron chi connectivity index (χ0n) is 14.8. The van der Waals surface area contributed by atoms with E-state index in [1.807, 2.05) is 21.6 Å². The molecular formula is C19H26ClN3O2. The average Bonchev–Trinajstić information content (AvgIpc) is 2.93. The van der Waals surface area contributed by atoms with Gasteiger partial charge in [0, 0.05) is 30.6 Å². The van der Waals surface area contributed by atoms with Crippen LogP contribution in [0.15, 0.2) is 23.0 Å². The number of imidazole rings is 1. The quantitative estimate of drug-likeness (QED) is 0.785. The Morgan fingerprint density at radius 2 is 2.00 bits per heavy atom. The van der Waals surface area contributed by atoms with E-state index in [2.05, 4.69) is 11.9 Å². The number of carbonyl (C=O) groups is 1. The minimum atomic E-state index is -0.0957. The van der Waals surface area contributed by atoms with Crippen molar-refractivity contribution in [1.82, 2.24) is 14.5 Å². The molecule has 0 bridgehead atoms. The van der Waals surface area contributed by atoms with Crippen LogP contribution in [0.25, 0.3) is 11.0 Å². The molecule has 0 spiro atoms. The molecule has 5 nitrogen and oxygen atoms in total. The molecule has 1 fully saturated rings. The van der Waals surface area contributed by atoms with Crippen LogP contribution < -0.4 is 5.69 Å². The first-order chi connectivity index (χ1) is 12.1. The van der Waals surface area contributed by atoms with Gasteiger partial charge in [0.25, 0.3) is 0 Å². The Morgan fingerprint density at radius 1 is 1.24 bits per heavy atom. The van der Waals surface area contributed by atoms with Gasteiger partial charge in [0.05, 0.1) is 11.0 Å². The van der Waals surface area contributed by atoms with Crippen molar-refractivity contribution in [3.8, 4) is 0 Å². The summed E-state index contributed by atoms with van der Waals surface area (Å²) >= 11 is 6.01. The van der Waals surface area contributed by atoms with Crippen LogP contribution in [0, 0.1) is 0 Å². The molecule has 1 saturated heterocycles. The fraction of sp³-hybridized carbons (Fsp3) is 0.579. The minimum Gasteiger partial charge on any atom is -0.343 e. The van der Waals surface area contributed by atoms with E-state index < -0.39 is 0 Å². The maximum Gasteiger partial charge on any atom is 0.326 e. The van der Waals surface area contributed by atoms with Crippen molar-refractivity contribution in [2.24, 2.45) is 0 Å². The van der Waals surface area contributed by atoms with Crippen LogP contribution >= 0.6 is 11.6 Å². The molecule has 1 aromatic heterocycles. The van der Waals surface area contributed by atoms with E-state index in [1.54, 1.807) is 6.07 Å². The number of carbonyl (C=O) groups excluding carboxylic acids is 1. The molecule has 0 saturated carbocycles. The molecule has 25 heavy (non-hydrogen) atoms. The van der Waals surface area contributed by atoms with Crippen molar-refractivity contribution in [3.05, 3.63) is 33.7 Å². The molecule has 2 heterocycles. The maximum absolute atomic E-state index is 12.4. The number of unbranched alkanes of at least 4 members (excludes halogenated alkanes) is 3. The zero-order valence-corrected chi connectivity index (χ0v) is 15.5. The number of amides is 1. The van der Waals surface area contributed by atoms with E-state index in [1.165, 1.54) is 12.8 Å². The number of nitrogens with zero attached hydrogens (tertiary/aromatic N) is 2. The number of H-pyrrole nitrogens is 1. The lowest BCUT2D eigenvalue weighted by atomic mass is 10.0. The summed E-state index contributed by atoms with van der Waals surface area (Å²) in [5.74, 6) is 0.257. The lowest BCUT2D eigenvalue weighted by Crippen LogP contribution is -2.40. The molecule has 1 N–H and O–H groups in total. The minimum absolute atomic E-state index is 0.0957. The van der Waals surface area contributed by atoms with E-state index in [4.69, 9.17) is 11.6 Å². The summed E-state index contributed by atoms with van der Waals surface area (Å²) in [7, 11) is 0. The van der Waals surface area contributed by atoms with Gasteiger partial charge < -0.3 is 9.88 Å². The normalized spacial score (nSPS) is 15.8. The number of rotatable bonds is 6. The van der Waals surface area contributed by atoms with Crippen LogP contribution in [0.3, 0.4) is 0 Å². The summed E-state index contributed by atoms with van der Waals surface area (Å²) in [6, 6.07) is 5.61. The molecule has 1 amide bonds. The largest absolute Gasteiger partial charge is 0.343 e. The zero-order chi connectivity index (χ0) is 17.8. The lowest BCUT2D eigenvalue weighted by molar-refractivity contribution is -0.132. The van der Waals surface area contributed by atoms with E-state index in [9.17, 15) is 9.59 Å². The number of likely N-dealkylation sites (tertiary alicyclic amines) is 1. The Kier molecular flexibility index (Phi) is 5.84. The van der Waals surface area contributed by atoms with E-state index in [0.29, 0.717) is 11.4 Å². The molecular weight excluding hydrogens is 338 g/mol. The molecule has 2 aromatic rings. The van der Waals surface area contributed by atoms with Crippen molar-refractivity contribution in [1.29, 1.82) is 0 Å². The molecule has 1 aliphatic rings. The number of aromatic nitrogens is 2. The molecule has 0 unspecified atom stereocenters. The molecule has 0 radical (unpaired) electrons. The van der Waals surface area contributed by atoms with Gasteiger partial charge >= 0.3 is 5.69 Å². The predicted molar refractivity (Wildman–Crippen MR) is 101 cm³/mol. The molecule has 0 aliphatic carbocycles.